The van der Waals surface area contributed by atoms with Gasteiger partial charge >= 0.3 is 0 Å². The molecule has 0 bridgehead atoms. The van der Waals surface area contributed by atoms with Crippen molar-refractivity contribution in [2.75, 3.05) is 11.2 Å². The van der Waals surface area contributed by atoms with E-state index in [1.54, 1.807) is 36.4 Å². The van der Waals surface area contributed by atoms with E-state index in [1.165, 1.54) is 35.1 Å². The first kappa shape index (κ1) is 21.0. The summed E-state index contributed by atoms with van der Waals surface area (Å²) < 4.78 is 19.4. The van der Waals surface area contributed by atoms with Crippen molar-refractivity contribution >= 4 is 41.4 Å². The number of nitrogens with zero attached hydrogens (tertiary/aromatic N) is 1. The van der Waals surface area contributed by atoms with Gasteiger partial charge in [-0.25, -0.2) is 4.39 Å². The SMILES string of the molecule is CSc1ccc(C(=O)NCc2ccco2)cc1N(C=O)Cc1c(F)cccc1Cl. The number of thioether (sulfide) groups is 1. The number of halogens is 2. The second-order valence-electron chi connectivity index (χ2n) is 6.08. The summed E-state index contributed by atoms with van der Waals surface area (Å²) in [7, 11) is 0. The van der Waals surface area contributed by atoms with Crippen LogP contribution >= 0.6 is 23.4 Å². The van der Waals surface area contributed by atoms with Crippen molar-refractivity contribution in [3.8, 4) is 0 Å². The highest BCUT2D eigenvalue weighted by Gasteiger charge is 2.18. The molecule has 0 radical (unpaired) electrons. The molecule has 0 saturated carbocycles. The summed E-state index contributed by atoms with van der Waals surface area (Å²) in [5, 5.41) is 2.99. The van der Waals surface area contributed by atoms with Crippen molar-refractivity contribution in [3.05, 3.63) is 82.5 Å². The van der Waals surface area contributed by atoms with Crippen molar-refractivity contribution in [3.63, 3.8) is 0 Å². The number of hydrogen-bond donors (Lipinski definition) is 1. The summed E-state index contributed by atoms with van der Waals surface area (Å²) in [4.78, 5) is 26.4. The zero-order valence-corrected chi connectivity index (χ0v) is 17.1. The standard InChI is InChI=1S/C21H18ClFN2O3S/c1-29-20-8-7-14(21(27)24-11-15-4-3-9-28-15)10-19(20)25(13-26)12-16-17(22)5-2-6-18(16)23/h2-10,13H,11-12H2,1H3,(H,24,27). The molecule has 0 aliphatic carbocycles. The van der Waals surface area contributed by atoms with Gasteiger partial charge in [-0.05, 0) is 48.7 Å². The Morgan fingerprint density at radius 3 is 2.76 bits per heavy atom. The maximum Gasteiger partial charge on any atom is 0.251 e. The first-order valence-electron chi connectivity index (χ1n) is 8.67. The highest BCUT2D eigenvalue weighted by Crippen LogP contribution is 2.31. The van der Waals surface area contributed by atoms with Gasteiger partial charge in [-0.3, -0.25) is 9.59 Å². The molecule has 8 heteroatoms. The lowest BCUT2D eigenvalue weighted by atomic mass is 10.1. The summed E-state index contributed by atoms with van der Waals surface area (Å²) in [6, 6.07) is 12.9. The van der Waals surface area contributed by atoms with Gasteiger partial charge < -0.3 is 14.6 Å². The third kappa shape index (κ3) is 4.99. The van der Waals surface area contributed by atoms with Gasteiger partial charge in [0.15, 0.2) is 0 Å². The van der Waals surface area contributed by atoms with Crippen LogP contribution in [-0.4, -0.2) is 18.6 Å². The number of hydrogen-bond acceptors (Lipinski definition) is 4. The Hall–Kier alpha value is -2.77. The Bertz CT molecular complexity index is 991. The summed E-state index contributed by atoms with van der Waals surface area (Å²) >= 11 is 7.52. The quantitative estimate of drug-likeness (QED) is 0.406. The van der Waals surface area contributed by atoms with Crippen molar-refractivity contribution in [1.29, 1.82) is 0 Å². The predicted octanol–water partition coefficient (Wildman–Crippen LogP) is 4.89. The predicted molar refractivity (Wildman–Crippen MR) is 112 cm³/mol. The second-order valence-corrected chi connectivity index (χ2v) is 7.34. The summed E-state index contributed by atoms with van der Waals surface area (Å²) in [6.07, 6.45) is 3.99. The van der Waals surface area contributed by atoms with Crippen LogP contribution in [0.1, 0.15) is 21.7 Å². The number of nitrogens with one attached hydrogen (secondary N) is 1. The minimum atomic E-state index is -0.498. The van der Waals surface area contributed by atoms with Crippen molar-refractivity contribution in [2.24, 2.45) is 0 Å². The van der Waals surface area contributed by atoms with Crippen LogP contribution in [0, 0.1) is 5.82 Å². The number of carbonyl (C=O) groups is 2. The van der Waals surface area contributed by atoms with Crippen LogP contribution in [0.25, 0.3) is 0 Å². The molecule has 150 valence electrons. The molecule has 3 aromatic rings. The maximum absolute atomic E-state index is 14.2. The fourth-order valence-corrected chi connectivity index (χ4v) is 3.58. The zero-order valence-electron chi connectivity index (χ0n) is 15.5. The summed E-state index contributed by atoms with van der Waals surface area (Å²) in [5.41, 5.74) is 1.08. The van der Waals surface area contributed by atoms with Gasteiger partial charge in [-0.1, -0.05) is 17.7 Å². The molecule has 0 atom stereocenters. The van der Waals surface area contributed by atoms with E-state index < -0.39 is 5.82 Å². The molecule has 0 aliphatic rings. The molecule has 1 N–H and O–H groups in total. The Balaban J connectivity index is 1.86. The van der Waals surface area contributed by atoms with E-state index in [1.807, 2.05) is 6.26 Å². The number of carbonyl (C=O) groups excluding carboxylic acids is 2. The first-order chi connectivity index (χ1) is 14.0. The van der Waals surface area contributed by atoms with Gasteiger partial charge in [0.2, 0.25) is 6.41 Å². The molecule has 5 nitrogen and oxygen atoms in total. The molecule has 0 saturated heterocycles. The molecule has 1 heterocycles. The number of benzene rings is 2. The first-order valence-corrected chi connectivity index (χ1v) is 10.3. The van der Waals surface area contributed by atoms with Gasteiger partial charge in [0.05, 0.1) is 25.0 Å². The van der Waals surface area contributed by atoms with Gasteiger partial charge in [-0.15, -0.1) is 11.8 Å². The van der Waals surface area contributed by atoms with Crippen LogP contribution in [0.15, 0.2) is 64.1 Å². The Morgan fingerprint density at radius 1 is 1.28 bits per heavy atom. The highest BCUT2D eigenvalue weighted by molar-refractivity contribution is 7.98. The smallest absolute Gasteiger partial charge is 0.251 e. The average Bonchev–Trinajstić information content (AvgIpc) is 3.25. The molecule has 29 heavy (non-hydrogen) atoms. The lowest BCUT2D eigenvalue weighted by molar-refractivity contribution is -0.107. The van der Waals surface area contributed by atoms with Gasteiger partial charge in [0.25, 0.3) is 5.91 Å². The third-order valence-electron chi connectivity index (χ3n) is 4.27. The molecular weight excluding hydrogens is 415 g/mol. The normalized spacial score (nSPS) is 10.6. The van der Waals surface area contributed by atoms with Crippen molar-refractivity contribution in [2.45, 2.75) is 18.0 Å². The second kappa shape index (κ2) is 9.62. The molecule has 1 aromatic heterocycles. The van der Waals surface area contributed by atoms with E-state index in [0.717, 1.165) is 4.90 Å². The molecule has 2 amide bonds. The van der Waals surface area contributed by atoms with Gasteiger partial charge in [-0.2, -0.15) is 0 Å². The van der Waals surface area contributed by atoms with E-state index in [4.69, 9.17) is 16.0 Å². The van der Waals surface area contributed by atoms with E-state index in [0.29, 0.717) is 23.4 Å². The third-order valence-corrected chi connectivity index (χ3v) is 5.41. The number of anilines is 1. The number of rotatable bonds is 8. The van der Waals surface area contributed by atoms with E-state index in [-0.39, 0.29) is 29.6 Å². The maximum atomic E-state index is 14.2. The van der Waals surface area contributed by atoms with Crippen LogP contribution in [0.3, 0.4) is 0 Å². The highest BCUT2D eigenvalue weighted by atomic mass is 35.5. The number of amides is 2. The zero-order chi connectivity index (χ0) is 20.8. The fourth-order valence-electron chi connectivity index (χ4n) is 2.77. The lowest BCUT2D eigenvalue weighted by Crippen LogP contribution is -2.25. The fraction of sp³-hybridized carbons (Fsp3) is 0.143. The molecule has 3 rings (SSSR count). The Labute approximate surface area is 176 Å². The molecule has 0 unspecified atom stereocenters. The van der Waals surface area contributed by atoms with E-state index in [9.17, 15) is 14.0 Å². The Kier molecular flexibility index (Phi) is 6.95. The van der Waals surface area contributed by atoms with E-state index >= 15 is 0 Å². The van der Waals surface area contributed by atoms with Crippen molar-refractivity contribution < 1.29 is 18.4 Å². The summed E-state index contributed by atoms with van der Waals surface area (Å²) in [6.45, 7) is 0.188. The van der Waals surface area contributed by atoms with Gasteiger partial charge in [0.1, 0.15) is 11.6 Å². The van der Waals surface area contributed by atoms with Crippen molar-refractivity contribution in [1.82, 2.24) is 5.32 Å². The van der Waals surface area contributed by atoms with Crippen LogP contribution in [0.2, 0.25) is 5.02 Å². The molecule has 0 fully saturated rings. The van der Waals surface area contributed by atoms with Crippen LogP contribution in [0.5, 0.6) is 0 Å². The minimum Gasteiger partial charge on any atom is -0.467 e. The van der Waals surface area contributed by atoms with E-state index in [2.05, 4.69) is 5.32 Å². The largest absolute Gasteiger partial charge is 0.467 e. The molecule has 0 spiro atoms. The topological polar surface area (TPSA) is 62.6 Å². The molecular formula is C21H18ClFN2O3S. The van der Waals surface area contributed by atoms with Crippen LogP contribution in [0.4, 0.5) is 10.1 Å². The Morgan fingerprint density at radius 2 is 2.10 bits per heavy atom. The van der Waals surface area contributed by atoms with Gasteiger partial charge in [0, 0.05) is 21.0 Å². The minimum absolute atomic E-state index is 0.0555. The number of furan rings is 1. The van der Waals surface area contributed by atoms with Crippen LogP contribution in [-0.2, 0) is 17.9 Å². The average molecular weight is 433 g/mol. The monoisotopic (exact) mass is 432 g/mol. The van der Waals surface area contributed by atoms with Crippen LogP contribution < -0.4 is 10.2 Å². The lowest BCUT2D eigenvalue weighted by Gasteiger charge is -2.22. The summed E-state index contributed by atoms with van der Waals surface area (Å²) in [5.74, 6) is -0.185. The molecule has 2 aromatic carbocycles. The molecule has 0 aliphatic heterocycles.